The van der Waals surface area contributed by atoms with Crippen molar-refractivity contribution in [3.8, 4) is 0 Å². The number of aliphatic hydroxyl groups excluding tert-OH is 1. The van der Waals surface area contributed by atoms with Crippen molar-refractivity contribution in [1.29, 1.82) is 0 Å². The first kappa shape index (κ1) is 8.54. The lowest BCUT2D eigenvalue weighted by Gasteiger charge is -1.98. The number of aliphatic hydroxyl groups is 1. The molecule has 0 spiro atoms. The zero-order valence-electron chi connectivity index (χ0n) is 4.35. The fourth-order valence-electron chi connectivity index (χ4n) is 0.206. The van der Waals surface area contributed by atoms with Gasteiger partial charge in [-0.2, -0.15) is 0 Å². The van der Waals surface area contributed by atoms with Crippen LogP contribution < -0.4 is 0 Å². The quantitative estimate of drug-likeness (QED) is 0.437. The Morgan fingerprint density at radius 3 is 2.22 bits per heavy atom. The first-order chi connectivity index (χ1) is 4.04. The second kappa shape index (κ2) is 3.54. The van der Waals surface area contributed by atoms with E-state index in [0.717, 1.165) is 0 Å². The molecule has 0 aliphatic carbocycles. The maximum atomic E-state index is 9.80. The van der Waals surface area contributed by atoms with E-state index in [1.54, 1.807) is 0 Å². The number of rotatable bonds is 3. The normalized spacial score (nSPS) is 16.7. The van der Waals surface area contributed by atoms with E-state index in [1.165, 1.54) is 0 Å². The molecular formula is C3H6O5S. The van der Waals surface area contributed by atoms with Crippen LogP contribution >= 0.6 is 0 Å². The zero-order valence-corrected chi connectivity index (χ0v) is 5.17. The maximum absolute atomic E-state index is 9.80. The van der Waals surface area contributed by atoms with Gasteiger partial charge in [0.2, 0.25) is 0 Å². The molecule has 0 aromatic rings. The van der Waals surface area contributed by atoms with Gasteiger partial charge >= 0.3 is 5.97 Å². The molecule has 0 aliphatic rings. The van der Waals surface area contributed by atoms with E-state index >= 15 is 0 Å². The molecule has 2 unspecified atom stereocenters. The summed E-state index contributed by atoms with van der Waals surface area (Å²) >= 11 is -2.25. The summed E-state index contributed by atoms with van der Waals surface area (Å²) in [5.74, 6) is -2.13. The molecule has 0 fully saturated rings. The highest BCUT2D eigenvalue weighted by Gasteiger charge is 2.14. The van der Waals surface area contributed by atoms with Crippen molar-refractivity contribution in [3.05, 3.63) is 0 Å². The Morgan fingerprint density at radius 2 is 2.11 bits per heavy atom. The Hall–Kier alpha value is -0.460. The molecule has 6 heteroatoms. The molecule has 5 nitrogen and oxygen atoms in total. The number of carboxylic acid groups (broad SMARTS) is 1. The molecule has 0 aromatic carbocycles. The van der Waals surface area contributed by atoms with E-state index in [9.17, 15) is 9.00 Å². The molecular weight excluding hydrogens is 148 g/mol. The van der Waals surface area contributed by atoms with Gasteiger partial charge in [-0.05, 0) is 0 Å². The summed E-state index contributed by atoms with van der Waals surface area (Å²) in [6.07, 6.45) is -1.74. The molecule has 0 saturated heterocycles. The summed E-state index contributed by atoms with van der Waals surface area (Å²) in [5.41, 5.74) is 0. The minimum Gasteiger partial charge on any atom is -0.479 e. The van der Waals surface area contributed by atoms with Crippen LogP contribution in [-0.4, -0.2) is 36.8 Å². The van der Waals surface area contributed by atoms with Crippen molar-refractivity contribution in [2.24, 2.45) is 0 Å². The van der Waals surface area contributed by atoms with Crippen LogP contribution in [0, 0.1) is 0 Å². The van der Waals surface area contributed by atoms with Crippen LogP contribution in [0.5, 0.6) is 0 Å². The minimum atomic E-state index is -2.25. The highest BCUT2D eigenvalue weighted by Crippen LogP contribution is 1.84. The third-order valence-corrected chi connectivity index (χ3v) is 1.19. The largest absolute Gasteiger partial charge is 0.479 e. The van der Waals surface area contributed by atoms with Gasteiger partial charge in [0.25, 0.3) is 0 Å². The Balaban J connectivity index is 3.63. The summed E-state index contributed by atoms with van der Waals surface area (Å²) in [5, 5.41) is 16.3. The second-order valence-electron chi connectivity index (χ2n) is 1.34. The molecule has 0 heterocycles. The highest BCUT2D eigenvalue weighted by atomic mass is 32.2. The van der Waals surface area contributed by atoms with Crippen molar-refractivity contribution in [3.63, 3.8) is 0 Å². The topological polar surface area (TPSA) is 94.8 Å². The average Bonchev–Trinajstić information content (AvgIpc) is 1.63. The maximum Gasteiger partial charge on any atom is 0.333 e. The fraction of sp³-hybridized carbons (Fsp3) is 0.667. The number of carbonyl (C=O) groups is 1. The van der Waals surface area contributed by atoms with Crippen LogP contribution in [0.1, 0.15) is 0 Å². The summed E-state index contributed by atoms with van der Waals surface area (Å²) in [7, 11) is 0. The van der Waals surface area contributed by atoms with Crippen molar-refractivity contribution >= 4 is 17.0 Å². The molecule has 2 atom stereocenters. The van der Waals surface area contributed by atoms with E-state index < -0.39 is 28.9 Å². The number of carboxylic acids is 1. The summed E-state index contributed by atoms with van der Waals surface area (Å²) < 4.78 is 17.8. The van der Waals surface area contributed by atoms with E-state index in [2.05, 4.69) is 0 Å². The summed E-state index contributed by atoms with van der Waals surface area (Å²) in [4.78, 5) is 9.74. The molecule has 9 heavy (non-hydrogen) atoms. The van der Waals surface area contributed by atoms with E-state index in [-0.39, 0.29) is 0 Å². The van der Waals surface area contributed by atoms with Gasteiger partial charge in [0, 0.05) is 0 Å². The lowest BCUT2D eigenvalue weighted by atomic mass is 10.4. The molecule has 0 radical (unpaired) electrons. The minimum absolute atomic E-state index is 0.644. The van der Waals surface area contributed by atoms with Gasteiger partial charge in [0.1, 0.15) is 0 Å². The monoisotopic (exact) mass is 154 g/mol. The molecule has 0 saturated carbocycles. The van der Waals surface area contributed by atoms with Gasteiger partial charge in [-0.1, -0.05) is 0 Å². The van der Waals surface area contributed by atoms with Crippen LogP contribution in [0.2, 0.25) is 0 Å². The Bertz CT molecular complexity index is 132. The van der Waals surface area contributed by atoms with Gasteiger partial charge in [-0.3, -0.25) is 0 Å². The molecule has 0 bridgehead atoms. The molecule has 3 N–H and O–H groups in total. The van der Waals surface area contributed by atoms with Crippen LogP contribution in [0.4, 0.5) is 0 Å². The Labute approximate surface area is 53.6 Å². The average molecular weight is 154 g/mol. The SMILES string of the molecule is O=C(O)C(O)CS(=O)O. The van der Waals surface area contributed by atoms with E-state index in [4.69, 9.17) is 14.8 Å². The van der Waals surface area contributed by atoms with Gasteiger partial charge in [0.05, 0.1) is 5.75 Å². The number of hydrogen-bond acceptors (Lipinski definition) is 3. The predicted molar refractivity (Wildman–Crippen MR) is 29.3 cm³/mol. The predicted octanol–water partition coefficient (Wildman–Crippen LogP) is -1.35. The van der Waals surface area contributed by atoms with Crippen molar-refractivity contribution in [2.45, 2.75) is 6.10 Å². The highest BCUT2D eigenvalue weighted by molar-refractivity contribution is 7.79. The van der Waals surface area contributed by atoms with Gasteiger partial charge in [-0.15, -0.1) is 0 Å². The van der Waals surface area contributed by atoms with Crippen molar-refractivity contribution in [1.82, 2.24) is 0 Å². The summed E-state index contributed by atoms with van der Waals surface area (Å²) in [6, 6.07) is 0. The third-order valence-electron chi connectivity index (χ3n) is 0.586. The number of hydrogen-bond donors (Lipinski definition) is 3. The number of aliphatic carboxylic acids is 1. The van der Waals surface area contributed by atoms with Crippen LogP contribution in [-0.2, 0) is 15.9 Å². The third kappa shape index (κ3) is 4.07. The van der Waals surface area contributed by atoms with Crippen LogP contribution in [0.3, 0.4) is 0 Å². The standard InChI is InChI=1S/C3H6O5S/c4-2(3(5)6)1-9(7)8/h2,4H,1H2,(H,5,6)(H,7,8). The van der Waals surface area contributed by atoms with Gasteiger partial charge < -0.3 is 14.8 Å². The second-order valence-corrected chi connectivity index (χ2v) is 2.32. The van der Waals surface area contributed by atoms with Gasteiger partial charge in [0.15, 0.2) is 17.2 Å². The first-order valence-electron chi connectivity index (χ1n) is 2.02. The molecule has 0 aromatic heterocycles. The smallest absolute Gasteiger partial charge is 0.333 e. The lowest BCUT2D eigenvalue weighted by Crippen LogP contribution is -2.25. The first-order valence-corrected chi connectivity index (χ1v) is 3.30. The molecule has 0 aliphatic heterocycles. The lowest BCUT2D eigenvalue weighted by molar-refractivity contribution is -0.145. The molecule has 54 valence electrons. The molecule has 0 rings (SSSR count). The van der Waals surface area contributed by atoms with Crippen LogP contribution in [0.15, 0.2) is 0 Å². The van der Waals surface area contributed by atoms with Crippen molar-refractivity contribution < 1.29 is 23.8 Å². The fourth-order valence-corrected chi connectivity index (χ4v) is 0.619. The zero-order chi connectivity index (χ0) is 7.44. The van der Waals surface area contributed by atoms with E-state index in [1.807, 2.05) is 0 Å². The van der Waals surface area contributed by atoms with Crippen LogP contribution in [0.25, 0.3) is 0 Å². The van der Waals surface area contributed by atoms with Crippen molar-refractivity contribution in [2.75, 3.05) is 5.75 Å². The summed E-state index contributed by atoms with van der Waals surface area (Å²) in [6.45, 7) is 0. The Morgan fingerprint density at radius 1 is 1.67 bits per heavy atom. The molecule has 0 amide bonds. The Kier molecular flexibility index (Phi) is 3.36. The van der Waals surface area contributed by atoms with E-state index in [0.29, 0.717) is 0 Å². The van der Waals surface area contributed by atoms with Gasteiger partial charge in [-0.25, -0.2) is 9.00 Å².